The lowest BCUT2D eigenvalue weighted by molar-refractivity contribution is -0.367. The molecule has 1 atom stereocenters. The summed E-state index contributed by atoms with van der Waals surface area (Å²) >= 11 is 0. The average molecular weight is 590 g/mol. The van der Waals surface area contributed by atoms with Crippen molar-refractivity contribution in [1.82, 2.24) is 5.32 Å². The Kier molecular flexibility index (Phi) is 22.4. The maximum Gasteiger partial charge on any atom is 0.472 e. The van der Waals surface area contributed by atoms with Crippen molar-refractivity contribution in [2.75, 3.05) is 93.4 Å². The van der Waals surface area contributed by atoms with Crippen LogP contribution in [0.15, 0.2) is 18.2 Å². The first-order valence-corrected chi connectivity index (χ1v) is 13.6. The van der Waals surface area contributed by atoms with Gasteiger partial charge < -0.3 is 24.8 Å². The molecule has 0 saturated carbocycles. The normalized spacial score (nSPS) is 13.0. The predicted octanol–water partition coefficient (Wildman–Crippen LogP) is 0.850. The molecule has 0 amide bonds. The van der Waals surface area contributed by atoms with Gasteiger partial charge in [0.05, 0.1) is 26.4 Å². The summed E-state index contributed by atoms with van der Waals surface area (Å²) in [5, 5.41) is 12.4. The highest BCUT2D eigenvalue weighted by atomic mass is 31.2. The Hall–Kier alpha value is -1.31. The van der Waals surface area contributed by atoms with E-state index >= 15 is 0 Å². The summed E-state index contributed by atoms with van der Waals surface area (Å²) in [7, 11) is -1.21. The van der Waals surface area contributed by atoms with Gasteiger partial charge in [0, 0.05) is 13.7 Å². The first-order chi connectivity index (χ1) is 19.0. The van der Waals surface area contributed by atoms with Crippen LogP contribution in [0.3, 0.4) is 0 Å². The minimum Gasteiger partial charge on any atom is -0.491 e. The van der Waals surface area contributed by atoms with E-state index in [-0.39, 0.29) is 66.1 Å². The topological polar surface area (TPSA) is 180 Å². The van der Waals surface area contributed by atoms with Gasteiger partial charge in [-0.05, 0) is 30.3 Å². The van der Waals surface area contributed by atoms with Gasteiger partial charge in [0.2, 0.25) is 0 Å². The molecular formula is C22H40NO15P. The number of aliphatic hydroxyl groups is 1. The number of benzene rings is 1. The second-order valence-corrected chi connectivity index (χ2v) is 8.77. The molecule has 39 heavy (non-hydrogen) atoms. The third-order valence-electron chi connectivity index (χ3n) is 4.16. The van der Waals surface area contributed by atoms with Crippen molar-refractivity contribution in [1.29, 1.82) is 0 Å². The molecule has 0 spiro atoms. The lowest BCUT2D eigenvalue weighted by atomic mass is 10.1. The van der Waals surface area contributed by atoms with Crippen LogP contribution in [0, 0.1) is 0 Å². The largest absolute Gasteiger partial charge is 0.491 e. The third-order valence-corrected chi connectivity index (χ3v) is 5.08. The Morgan fingerprint density at radius 1 is 0.718 bits per heavy atom. The minimum absolute atomic E-state index is 0.107. The van der Waals surface area contributed by atoms with Crippen LogP contribution >= 0.6 is 7.82 Å². The van der Waals surface area contributed by atoms with E-state index in [1.165, 1.54) is 0 Å². The molecule has 0 saturated heterocycles. The Morgan fingerprint density at radius 3 is 1.69 bits per heavy atom. The monoisotopic (exact) mass is 589 g/mol. The third kappa shape index (κ3) is 21.2. The van der Waals surface area contributed by atoms with Crippen LogP contribution in [0.25, 0.3) is 0 Å². The molecule has 1 unspecified atom stereocenters. The SMILES string of the molecule is CNCCOCCOOCCOOCCOOCCOOCCOc1cc(CO)cc(COP(=O)(O)OC)c1. The molecule has 0 aliphatic heterocycles. The number of hydrogen-bond acceptors (Lipinski definition) is 15. The van der Waals surface area contributed by atoms with E-state index in [1.807, 2.05) is 7.05 Å². The first kappa shape index (κ1) is 35.7. The summed E-state index contributed by atoms with van der Waals surface area (Å²) in [5.74, 6) is 0.416. The molecule has 1 aromatic carbocycles. The predicted molar refractivity (Wildman–Crippen MR) is 132 cm³/mol. The molecule has 1 rings (SSSR count). The van der Waals surface area contributed by atoms with E-state index in [0.29, 0.717) is 36.7 Å². The van der Waals surface area contributed by atoms with Crippen LogP contribution in [-0.2, 0) is 70.7 Å². The quantitative estimate of drug-likeness (QED) is 0.0541. The van der Waals surface area contributed by atoms with Crippen molar-refractivity contribution in [2.24, 2.45) is 0 Å². The summed E-state index contributed by atoms with van der Waals surface area (Å²) in [5.41, 5.74) is 1.06. The summed E-state index contributed by atoms with van der Waals surface area (Å²) < 4.78 is 31.4. The van der Waals surface area contributed by atoms with E-state index in [1.54, 1.807) is 18.2 Å². The van der Waals surface area contributed by atoms with Gasteiger partial charge in [-0.2, -0.15) is 0 Å². The average Bonchev–Trinajstić information content (AvgIpc) is 2.94. The minimum atomic E-state index is -4.12. The Labute approximate surface area is 227 Å². The number of rotatable bonds is 28. The molecule has 17 heteroatoms. The van der Waals surface area contributed by atoms with Crippen molar-refractivity contribution in [2.45, 2.75) is 13.2 Å². The van der Waals surface area contributed by atoms with Gasteiger partial charge in [0.1, 0.15) is 65.2 Å². The van der Waals surface area contributed by atoms with Gasteiger partial charge in [0.25, 0.3) is 0 Å². The number of nitrogens with one attached hydrogen (secondary N) is 1. The molecule has 3 N–H and O–H groups in total. The van der Waals surface area contributed by atoms with Crippen molar-refractivity contribution in [3.05, 3.63) is 29.3 Å². The summed E-state index contributed by atoms with van der Waals surface area (Å²) in [6.45, 7) is 2.84. The van der Waals surface area contributed by atoms with Crippen LogP contribution in [0.4, 0.5) is 0 Å². The molecule has 0 heterocycles. The Balaban J connectivity index is 1.92. The van der Waals surface area contributed by atoms with Crippen LogP contribution in [0.5, 0.6) is 5.75 Å². The van der Waals surface area contributed by atoms with Crippen molar-refractivity contribution >= 4 is 7.82 Å². The summed E-state index contributed by atoms with van der Waals surface area (Å²) in [6.07, 6.45) is 0. The number of phosphoric ester groups is 1. The first-order valence-electron chi connectivity index (χ1n) is 12.1. The van der Waals surface area contributed by atoms with Gasteiger partial charge >= 0.3 is 7.82 Å². The summed E-state index contributed by atoms with van der Waals surface area (Å²) in [4.78, 5) is 48.6. The maximum absolute atomic E-state index is 11.4. The zero-order valence-corrected chi connectivity index (χ0v) is 23.2. The standard InChI is InChI=1S/C22H40NO15P/c1-23-3-4-28-5-7-30-32-9-11-34-36-13-14-37-35-12-10-33-31-8-6-29-22-16-20(18-24)15-21(17-22)19-38-39(25,26)27-2/h15-17,23-24H,3-14,18-19H2,1-2H3,(H,25,26). The van der Waals surface area contributed by atoms with Crippen LogP contribution in [0.2, 0.25) is 0 Å². The molecule has 0 aliphatic rings. The molecule has 0 radical (unpaired) electrons. The molecule has 0 fully saturated rings. The molecule has 0 aliphatic carbocycles. The lowest BCUT2D eigenvalue weighted by Gasteiger charge is -2.12. The van der Waals surface area contributed by atoms with E-state index in [0.717, 1.165) is 13.7 Å². The van der Waals surface area contributed by atoms with Crippen LogP contribution in [-0.4, -0.2) is 103 Å². The van der Waals surface area contributed by atoms with Crippen LogP contribution in [0.1, 0.15) is 11.1 Å². The molecule has 228 valence electrons. The smallest absolute Gasteiger partial charge is 0.472 e. The Morgan fingerprint density at radius 2 is 1.21 bits per heavy atom. The summed E-state index contributed by atoms with van der Waals surface area (Å²) in [6, 6.07) is 4.83. The molecule has 1 aromatic rings. The van der Waals surface area contributed by atoms with Gasteiger partial charge in [-0.3, -0.25) is 9.05 Å². The zero-order chi connectivity index (χ0) is 28.4. The van der Waals surface area contributed by atoms with E-state index in [9.17, 15) is 14.6 Å². The van der Waals surface area contributed by atoms with E-state index in [2.05, 4.69) is 9.84 Å². The van der Waals surface area contributed by atoms with E-state index < -0.39 is 7.82 Å². The van der Waals surface area contributed by atoms with Gasteiger partial charge in [0.15, 0.2) is 0 Å². The number of likely N-dealkylation sites (N-methyl/N-ethyl adjacent to an activating group) is 1. The highest BCUT2D eigenvalue weighted by Gasteiger charge is 2.18. The fraction of sp³-hybridized carbons (Fsp3) is 0.727. The van der Waals surface area contributed by atoms with Crippen molar-refractivity contribution in [3.63, 3.8) is 0 Å². The fourth-order valence-corrected chi connectivity index (χ4v) is 2.85. The number of ether oxygens (including phenoxy) is 2. The van der Waals surface area contributed by atoms with Gasteiger partial charge in [-0.15, -0.1) is 0 Å². The van der Waals surface area contributed by atoms with Crippen molar-refractivity contribution < 1.29 is 72.2 Å². The highest BCUT2D eigenvalue weighted by molar-refractivity contribution is 7.47. The van der Waals surface area contributed by atoms with Crippen LogP contribution < -0.4 is 10.1 Å². The van der Waals surface area contributed by atoms with Gasteiger partial charge in [-0.25, -0.2) is 43.7 Å². The van der Waals surface area contributed by atoms with Crippen molar-refractivity contribution in [3.8, 4) is 5.75 Å². The molecule has 0 aromatic heterocycles. The maximum atomic E-state index is 11.4. The zero-order valence-electron chi connectivity index (χ0n) is 22.3. The number of phosphoric acid groups is 1. The molecule has 16 nitrogen and oxygen atoms in total. The second kappa shape index (κ2) is 24.5. The molecular weight excluding hydrogens is 549 g/mol. The van der Waals surface area contributed by atoms with E-state index in [4.69, 9.17) is 53.1 Å². The molecule has 0 bridgehead atoms. The number of aliphatic hydroxyl groups excluding tert-OH is 1. The Bertz CT molecular complexity index is 760. The number of hydrogen-bond donors (Lipinski definition) is 3. The second-order valence-electron chi connectivity index (χ2n) is 7.21. The fourth-order valence-electron chi connectivity index (χ4n) is 2.43. The lowest BCUT2D eigenvalue weighted by Crippen LogP contribution is -2.16. The highest BCUT2D eigenvalue weighted by Crippen LogP contribution is 2.43. The van der Waals surface area contributed by atoms with Gasteiger partial charge in [-0.1, -0.05) is 6.07 Å².